The molecule has 2 aromatic rings. The van der Waals surface area contributed by atoms with Gasteiger partial charge in [0.25, 0.3) is 0 Å². The first-order valence-electron chi connectivity index (χ1n) is 7.66. The van der Waals surface area contributed by atoms with Gasteiger partial charge in [0.05, 0.1) is 18.9 Å². The zero-order valence-electron chi connectivity index (χ0n) is 14.0. The van der Waals surface area contributed by atoms with E-state index in [1.165, 1.54) is 7.11 Å². The lowest BCUT2D eigenvalue weighted by molar-refractivity contribution is 0.0729. The van der Waals surface area contributed by atoms with Crippen LogP contribution in [0.1, 0.15) is 22.8 Å². The Balaban J connectivity index is 2.07. The van der Waals surface area contributed by atoms with Crippen LogP contribution in [-0.4, -0.2) is 31.0 Å². The maximum absolute atomic E-state index is 12.1. The molecule has 0 aliphatic carbocycles. The van der Waals surface area contributed by atoms with Crippen molar-refractivity contribution in [3.8, 4) is 11.5 Å². The SMILES string of the molecule is CCNC(=S)N/N=C/c1ccc(OC(=O)c2ccccc2)c(OC)c1. The topological polar surface area (TPSA) is 72.0 Å². The quantitative estimate of drug-likeness (QED) is 0.272. The third-order valence-electron chi connectivity index (χ3n) is 3.12. The van der Waals surface area contributed by atoms with Gasteiger partial charge in [-0.2, -0.15) is 5.10 Å². The summed E-state index contributed by atoms with van der Waals surface area (Å²) in [4.78, 5) is 12.1. The molecule has 2 aromatic carbocycles. The second kappa shape index (κ2) is 9.39. The average molecular weight is 357 g/mol. The molecule has 7 heteroatoms. The van der Waals surface area contributed by atoms with Crippen molar-refractivity contribution in [2.24, 2.45) is 5.10 Å². The minimum atomic E-state index is -0.446. The molecule has 0 aliphatic rings. The molecule has 130 valence electrons. The van der Waals surface area contributed by atoms with Crippen LogP contribution in [0.4, 0.5) is 0 Å². The van der Waals surface area contributed by atoms with E-state index in [-0.39, 0.29) is 0 Å². The van der Waals surface area contributed by atoms with Crippen LogP contribution < -0.4 is 20.2 Å². The van der Waals surface area contributed by atoms with Gasteiger partial charge >= 0.3 is 5.97 Å². The molecule has 0 unspecified atom stereocenters. The molecule has 0 fully saturated rings. The number of hydrogen-bond donors (Lipinski definition) is 2. The molecule has 0 saturated heterocycles. The van der Waals surface area contributed by atoms with Crippen molar-refractivity contribution in [1.82, 2.24) is 10.7 Å². The second-order valence-corrected chi connectivity index (χ2v) is 5.30. The molecule has 2 rings (SSSR count). The highest BCUT2D eigenvalue weighted by Crippen LogP contribution is 2.28. The summed E-state index contributed by atoms with van der Waals surface area (Å²) in [6.45, 7) is 2.66. The Kier molecular flexibility index (Phi) is 6.91. The van der Waals surface area contributed by atoms with E-state index in [9.17, 15) is 4.79 Å². The third kappa shape index (κ3) is 5.58. The molecule has 2 N–H and O–H groups in total. The Bertz CT molecular complexity index is 763. The molecule has 25 heavy (non-hydrogen) atoms. The van der Waals surface area contributed by atoms with Crippen molar-refractivity contribution >= 4 is 29.5 Å². The van der Waals surface area contributed by atoms with Gasteiger partial charge in [0.15, 0.2) is 16.6 Å². The Morgan fingerprint density at radius 2 is 1.96 bits per heavy atom. The van der Waals surface area contributed by atoms with Gasteiger partial charge in [-0.05, 0) is 55.0 Å². The van der Waals surface area contributed by atoms with Crippen molar-refractivity contribution in [3.63, 3.8) is 0 Å². The zero-order valence-corrected chi connectivity index (χ0v) is 14.8. The highest BCUT2D eigenvalue weighted by molar-refractivity contribution is 7.80. The number of nitrogens with one attached hydrogen (secondary N) is 2. The van der Waals surface area contributed by atoms with Crippen LogP contribution in [0, 0.1) is 0 Å². The summed E-state index contributed by atoms with van der Waals surface area (Å²) in [6.07, 6.45) is 1.59. The van der Waals surface area contributed by atoms with Crippen LogP contribution >= 0.6 is 12.2 Å². The van der Waals surface area contributed by atoms with Crippen LogP contribution in [0.15, 0.2) is 53.6 Å². The van der Waals surface area contributed by atoms with Gasteiger partial charge in [-0.3, -0.25) is 5.43 Å². The molecule has 0 radical (unpaired) electrons. The standard InChI is InChI=1S/C18H19N3O3S/c1-3-19-18(25)21-20-12-13-9-10-15(16(11-13)23-2)24-17(22)14-7-5-4-6-8-14/h4-12H,3H2,1-2H3,(H2,19,21,25)/b20-12+. The maximum Gasteiger partial charge on any atom is 0.343 e. The van der Waals surface area contributed by atoms with Crippen LogP contribution in [-0.2, 0) is 0 Å². The summed E-state index contributed by atoms with van der Waals surface area (Å²) in [5.41, 5.74) is 3.94. The smallest absolute Gasteiger partial charge is 0.343 e. The zero-order chi connectivity index (χ0) is 18.1. The van der Waals surface area contributed by atoms with Crippen molar-refractivity contribution in [2.75, 3.05) is 13.7 Å². The van der Waals surface area contributed by atoms with Gasteiger partial charge in [0.1, 0.15) is 0 Å². The fourth-order valence-electron chi connectivity index (χ4n) is 1.95. The highest BCUT2D eigenvalue weighted by Gasteiger charge is 2.12. The molecular weight excluding hydrogens is 338 g/mol. The fourth-order valence-corrected chi connectivity index (χ4v) is 2.14. The lowest BCUT2D eigenvalue weighted by Crippen LogP contribution is -2.31. The van der Waals surface area contributed by atoms with Gasteiger partial charge in [0.2, 0.25) is 0 Å². The average Bonchev–Trinajstić information content (AvgIpc) is 2.63. The number of hydrogen-bond acceptors (Lipinski definition) is 5. The molecule has 0 bridgehead atoms. The summed E-state index contributed by atoms with van der Waals surface area (Å²) < 4.78 is 10.7. The predicted octanol–water partition coefficient (Wildman–Crippen LogP) is 2.73. The number of rotatable bonds is 6. The summed E-state index contributed by atoms with van der Waals surface area (Å²) in [6, 6.07) is 13.9. The number of nitrogens with zero attached hydrogens (tertiary/aromatic N) is 1. The summed E-state index contributed by atoms with van der Waals surface area (Å²) >= 11 is 5.01. The summed E-state index contributed by atoms with van der Waals surface area (Å²) in [5, 5.41) is 7.40. The molecular formula is C18H19N3O3S. The molecule has 0 spiro atoms. The number of methoxy groups -OCH3 is 1. The number of hydrazone groups is 1. The molecule has 0 saturated carbocycles. The summed E-state index contributed by atoms with van der Waals surface area (Å²) in [5.74, 6) is 0.324. The molecule has 6 nitrogen and oxygen atoms in total. The van der Waals surface area contributed by atoms with Gasteiger partial charge in [-0.15, -0.1) is 0 Å². The van der Waals surface area contributed by atoms with E-state index < -0.39 is 5.97 Å². The van der Waals surface area contributed by atoms with E-state index >= 15 is 0 Å². The lowest BCUT2D eigenvalue weighted by Gasteiger charge is -2.10. The number of carbonyl (C=O) groups is 1. The van der Waals surface area contributed by atoms with E-state index in [1.54, 1.807) is 48.7 Å². The minimum Gasteiger partial charge on any atom is -0.493 e. The Morgan fingerprint density at radius 1 is 1.20 bits per heavy atom. The van der Waals surface area contributed by atoms with E-state index in [1.807, 2.05) is 13.0 Å². The van der Waals surface area contributed by atoms with Crippen molar-refractivity contribution in [3.05, 3.63) is 59.7 Å². The van der Waals surface area contributed by atoms with Gasteiger partial charge in [-0.1, -0.05) is 18.2 Å². The summed E-state index contributed by atoms with van der Waals surface area (Å²) in [7, 11) is 1.51. The molecule has 0 aliphatic heterocycles. The lowest BCUT2D eigenvalue weighted by atomic mass is 10.2. The normalized spacial score (nSPS) is 10.3. The van der Waals surface area contributed by atoms with Crippen LogP contribution in [0.25, 0.3) is 0 Å². The van der Waals surface area contributed by atoms with Crippen LogP contribution in [0.5, 0.6) is 11.5 Å². The van der Waals surface area contributed by atoms with Crippen LogP contribution in [0.2, 0.25) is 0 Å². The Hall–Kier alpha value is -2.93. The second-order valence-electron chi connectivity index (χ2n) is 4.90. The third-order valence-corrected chi connectivity index (χ3v) is 3.35. The monoisotopic (exact) mass is 357 g/mol. The first-order chi connectivity index (χ1) is 12.1. The minimum absolute atomic E-state index is 0.338. The molecule has 0 heterocycles. The number of carbonyl (C=O) groups excluding carboxylic acids is 1. The van der Waals surface area contributed by atoms with Gasteiger partial charge in [-0.25, -0.2) is 4.79 Å². The van der Waals surface area contributed by atoms with E-state index in [0.717, 1.165) is 12.1 Å². The molecule has 0 amide bonds. The Morgan fingerprint density at radius 3 is 2.64 bits per heavy atom. The van der Waals surface area contributed by atoms with Gasteiger partial charge in [0, 0.05) is 6.54 Å². The van der Waals surface area contributed by atoms with E-state index in [2.05, 4.69) is 15.8 Å². The first kappa shape index (κ1) is 18.4. The molecule has 0 atom stereocenters. The van der Waals surface area contributed by atoms with E-state index in [4.69, 9.17) is 21.7 Å². The number of ether oxygens (including phenoxy) is 2. The first-order valence-corrected chi connectivity index (χ1v) is 8.07. The van der Waals surface area contributed by atoms with E-state index in [0.29, 0.717) is 22.2 Å². The van der Waals surface area contributed by atoms with Crippen molar-refractivity contribution < 1.29 is 14.3 Å². The van der Waals surface area contributed by atoms with Gasteiger partial charge < -0.3 is 14.8 Å². The number of esters is 1. The fraction of sp³-hybridized carbons (Fsp3) is 0.167. The largest absolute Gasteiger partial charge is 0.493 e. The number of benzene rings is 2. The highest BCUT2D eigenvalue weighted by atomic mass is 32.1. The molecule has 0 aromatic heterocycles. The number of thiocarbonyl (C=S) groups is 1. The van der Waals surface area contributed by atoms with Crippen molar-refractivity contribution in [1.29, 1.82) is 0 Å². The maximum atomic E-state index is 12.1. The predicted molar refractivity (Wildman–Crippen MR) is 101 cm³/mol. The van der Waals surface area contributed by atoms with Crippen LogP contribution in [0.3, 0.4) is 0 Å². The van der Waals surface area contributed by atoms with Crippen molar-refractivity contribution in [2.45, 2.75) is 6.92 Å². The Labute approximate surface area is 151 Å².